The Morgan fingerprint density at radius 3 is 1.88 bits per heavy atom. The van der Waals surface area contributed by atoms with Crippen molar-refractivity contribution in [3.05, 3.63) is 23.8 Å². The van der Waals surface area contributed by atoms with Gasteiger partial charge in [0.2, 0.25) is 0 Å². The van der Waals surface area contributed by atoms with Crippen molar-refractivity contribution in [2.24, 2.45) is 0 Å². The number of carboxylic acid groups (broad SMARTS) is 1. The molecule has 0 spiro atoms. The van der Waals surface area contributed by atoms with Gasteiger partial charge in [-0.15, -0.1) is 0 Å². The maximum absolute atomic E-state index is 12.7. The molecular weight excluding hydrogens is 546 g/mol. The van der Waals surface area contributed by atoms with E-state index in [-0.39, 0.29) is 43.6 Å². The predicted molar refractivity (Wildman–Crippen MR) is 157 cm³/mol. The molecular formula is C31H49NO10. The Bertz CT molecular complexity index is 982. The number of rotatable bonds is 21. The van der Waals surface area contributed by atoms with Gasteiger partial charge in [-0.05, 0) is 50.3 Å². The molecule has 0 aromatic heterocycles. The van der Waals surface area contributed by atoms with Gasteiger partial charge in [0.15, 0.2) is 11.5 Å². The van der Waals surface area contributed by atoms with Crippen LogP contribution in [0.25, 0.3) is 0 Å². The molecule has 0 radical (unpaired) electrons. The number of carboxylic acids is 1. The van der Waals surface area contributed by atoms with Gasteiger partial charge in [-0.25, -0.2) is 14.4 Å². The van der Waals surface area contributed by atoms with Crippen LogP contribution in [0.2, 0.25) is 0 Å². The fourth-order valence-corrected chi connectivity index (χ4v) is 3.93. The van der Waals surface area contributed by atoms with Gasteiger partial charge in [-0.3, -0.25) is 10.1 Å². The molecule has 42 heavy (non-hydrogen) atoms. The molecule has 0 aliphatic carbocycles. The van der Waals surface area contributed by atoms with Crippen LogP contribution < -0.4 is 14.8 Å². The van der Waals surface area contributed by atoms with Crippen molar-refractivity contribution in [1.82, 2.24) is 5.32 Å². The molecule has 1 rings (SSSR count). The molecule has 1 aromatic carbocycles. The molecule has 2 atom stereocenters. The zero-order valence-corrected chi connectivity index (χ0v) is 25.8. The van der Waals surface area contributed by atoms with Crippen molar-refractivity contribution in [2.75, 3.05) is 13.2 Å². The maximum Gasteiger partial charge on any atom is 0.513 e. The van der Waals surface area contributed by atoms with Gasteiger partial charge in [-0.1, -0.05) is 72.3 Å². The molecule has 2 N–H and O–H groups in total. The van der Waals surface area contributed by atoms with Crippen molar-refractivity contribution < 1.29 is 48.0 Å². The Balaban J connectivity index is 3.30. The fourth-order valence-electron chi connectivity index (χ4n) is 3.93. The third-order valence-electron chi connectivity index (χ3n) is 6.49. The number of carbonyl (C=O) groups excluding carboxylic acids is 3. The Labute approximate surface area is 249 Å². The van der Waals surface area contributed by atoms with Gasteiger partial charge in [-0.2, -0.15) is 0 Å². The molecule has 0 aliphatic heterocycles. The van der Waals surface area contributed by atoms with E-state index in [9.17, 15) is 24.3 Å². The fraction of sp³-hybridized carbons (Fsp3) is 0.677. The number of hydrogen-bond acceptors (Lipinski definition) is 10. The lowest BCUT2D eigenvalue weighted by atomic mass is 10.00. The van der Waals surface area contributed by atoms with Crippen LogP contribution in [-0.4, -0.2) is 54.3 Å². The highest BCUT2D eigenvalue weighted by Crippen LogP contribution is 2.31. The number of carbonyl (C=O) groups is 4. The molecule has 0 heterocycles. The largest absolute Gasteiger partial charge is 0.513 e. The summed E-state index contributed by atoms with van der Waals surface area (Å²) in [6.45, 7) is 10.0. The van der Waals surface area contributed by atoms with Crippen LogP contribution >= 0.6 is 0 Å². The molecule has 0 aliphatic rings. The van der Waals surface area contributed by atoms with Crippen LogP contribution in [0.3, 0.4) is 0 Å². The van der Waals surface area contributed by atoms with Crippen LogP contribution in [0.15, 0.2) is 18.2 Å². The second kappa shape index (κ2) is 20.5. The summed E-state index contributed by atoms with van der Waals surface area (Å²) >= 11 is 0. The van der Waals surface area contributed by atoms with Gasteiger partial charge in [0.25, 0.3) is 5.72 Å². The summed E-state index contributed by atoms with van der Waals surface area (Å²) in [7, 11) is 0. The molecule has 1 aromatic rings. The first kappa shape index (κ1) is 36.7. The van der Waals surface area contributed by atoms with E-state index in [0.717, 1.165) is 38.5 Å². The number of hydrogen-bond donors (Lipinski definition) is 2. The Morgan fingerprint density at radius 2 is 1.36 bits per heavy atom. The summed E-state index contributed by atoms with van der Waals surface area (Å²) in [5.74, 6) is -2.30. The molecule has 1 unspecified atom stereocenters. The van der Waals surface area contributed by atoms with Crippen LogP contribution in [-0.2, 0) is 30.2 Å². The second-order valence-corrected chi connectivity index (χ2v) is 10.3. The van der Waals surface area contributed by atoms with Crippen LogP contribution in [0.1, 0.15) is 111 Å². The second-order valence-electron chi connectivity index (χ2n) is 10.3. The minimum absolute atomic E-state index is 0.0798. The summed E-state index contributed by atoms with van der Waals surface area (Å²) in [4.78, 5) is 50.0. The monoisotopic (exact) mass is 595 g/mol. The van der Waals surface area contributed by atoms with Crippen molar-refractivity contribution in [3.63, 3.8) is 0 Å². The smallest absolute Gasteiger partial charge is 0.477 e. The lowest BCUT2D eigenvalue weighted by molar-refractivity contribution is -0.184. The molecule has 0 bridgehead atoms. The molecule has 0 amide bonds. The van der Waals surface area contributed by atoms with Gasteiger partial charge < -0.3 is 28.8 Å². The Kier molecular flexibility index (Phi) is 17.9. The highest BCUT2D eigenvalue weighted by Gasteiger charge is 2.44. The summed E-state index contributed by atoms with van der Waals surface area (Å²) in [5, 5.41) is 13.2. The Morgan fingerprint density at radius 1 is 0.810 bits per heavy atom. The standard InChI is InChI=1S/C31H49NO10/c1-6-10-13-16-27(33)42-31(28(34)35,32-23(5)9-4)22-24-17-18-25(40-29(36)38-19-14-11-7-2)26(21-24)41-30(37)39-20-15-12-8-3/h17-18,21,23,32H,6-16,19-20,22H2,1-5H3,(H,34,35)/t23?,31-/m0/s1. The first-order valence-electron chi connectivity index (χ1n) is 15.2. The maximum atomic E-state index is 12.7. The van der Waals surface area contributed by atoms with Crippen LogP contribution in [0, 0.1) is 0 Å². The first-order valence-corrected chi connectivity index (χ1v) is 15.2. The number of aliphatic carboxylic acids is 1. The van der Waals surface area contributed by atoms with E-state index in [1.807, 2.05) is 27.7 Å². The highest BCUT2D eigenvalue weighted by atomic mass is 16.7. The molecule has 238 valence electrons. The van der Waals surface area contributed by atoms with E-state index in [2.05, 4.69) is 5.32 Å². The van der Waals surface area contributed by atoms with E-state index in [0.29, 0.717) is 31.2 Å². The topological polar surface area (TPSA) is 147 Å². The van der Waals surface area contributed by atoms with E-state index >= 15 is 0 Å². The molecule has 0 saturated carbocycles. The minimum Gasteiger partial charge on any atom is -0.477 e. The van der Waals surface area contributed by atoms with E-state index in [1.54, 1.807) is 6.92 Å². The number of nitrogens with one attached hydrogen (secondary N) is 1. The van der Waals surface area contributed by atoms with Crippen molar-refractivity contribution >= 4 is 24.2 Å². The number of benzene rings is 1. The predicted octanol–water partition coefficient (Wildman–Crippen LogP) is 6.93. The molecule has 11 nitrogen and oxygen atoms in total. The van der Waals surface area contributed by atoms with Gasteiger partial charge in [0.05, 0.1) is 13.2 Å². The Hall–Kier alpha value is -3.34. The van der Waals surface area contributed by atoms with Crippen molar-refractivity contribution in [3.8, 4) is 11.5 Å². The van der Waals surface area contributed by atoms with E-state index < -0.39 is 30.0 Å². The molecule has 11 heteroatoms. The highest BCUT2D eigenvalue weighted by molar-refractivity contribution is 5.82. The van der Waals surface area contributed by atoms with Crippen molar-refractivity contribution in [1.29, 1.82) is 0 Å². The van der Waals surface area contributed by atoms with Crippen LogP contribution in [0.5, 0.6) is 11.5 Å². The lowest BCUT2D eigenvalue weighted by Gasteiger charge is -2.33. The summed E-state index contributed by atoms with van der Waals surface area (Å²) in [6, 6.07) is 3.92. The van der Waals surface area contributed by atoms with E-state index in [4.69, 9.17) is 23.7 Å². The number of ether oxygens (including phenoxy) is 5. The summed E-state index contributed by atoms with van der Waals surface area (Å²) in [5.41, 5.74) is -1.75. The quantitative estimate of drug-likeness (QED) is 0.0501. The zero-order valence-electron chi connectivity index (χ0n) is 25.8. The first-order chi connectivity index (χ1) is 20.1. The van der Waals surface area contributed by atoms with Gasteiger partial charge >= 0.3 is 24.2 Å². The van der Waals surface area contributed by atoms with E-state index in [1.165, 1.54) is 18.2 Å². The molecule has 0 fully saturated rings. The van der Waals surface area contributed by atoms with Crippen LogP contribution in [0.4, 0.5) is 9.59 Å². The summed E-state index contributed by atoms with van der Waals surface area (Å²) < 4.78 is 26.5. The zero-order chi connectivity index (χ0) is 31.4. The SMILES string of the molecule is CCCCCOC(=O)Oc1ccc(C[C@](NC(C)CC)(OC(=O)CCCCC)C(=O)O)cc1OC(=O)OCCCCC. The third kappa shape index (κ3) is 14.0. The van der Waals surface area contributed by atoms with Crippen molar-refractivity contribution in [2.45, 2.75) is 123 Å². The third-order valence-corrected chi connectivity index (χ3v) is 6.49. The number of unbranched alkanes of at least 4 members (excludes halogenated alkanes) is 6. The lowest BCUT2D eigenvalue weighted by Crippen LogP contribution is -2.59. The minimum atomic E-state index is -2.09. The number of esters is 1. The average molecular weight is 596 g/mol. The average Bonchev–Trinajstić information content (AvgIpc) is 2.94. The normalized spacial score (nSPS) is 13.0. The van der Waals surface area contributed by atoms with Gasteiger partial charge in [0.1, 0.15) is 0 Å². The summed E-state index contributed by atoms with van der Waals surface area (Å²) in [6.07, 6.45) is 5.66. The van der Waals surface area contributed by atoms with Gasteiger partial charge in [0, 0.05) is 18.9 Å². The molecule has 0 saturated heterocycles.